The average molecular weight is 611 g/mol. The van der Waals surface area contributed by atoms with Crippen LogP contribution in [0.25, 0.3) is 0 Å². The van der Waals surface area contributed by atoms with Gasteiger partial charge in [-0.2, -0.15) is 4.98 Å². The number of hydrogen-bond acceptors (Lipinski definition) is 9. The van der Waals surface area contributed by atoms with E-state index in [1.165, 1.54) is 0 Å². The van der Waals surface area contributed by atoms with E-state index in [9.17, 15) is 14.7 Å². The molecular weight excluding hydrogens is 556 g/mol. The Bertz CT molecular complexity index is 1180. The molecule has 0 atom stereocenters. The van der Waals surface area contributed by atoms with Crippen molar-refractivity contribution >= 4 is 23.6 Å². The summed E-state index contributed by atoms with van der Waals surface area (Å²) < 4.78 is 0. The fourth-order valence-electron chi connectivity index (χ4n) is 5.69. The molecule has 4 N–H and O–H groups in total. The number of nitrogens with one attached hydrogen (secondary N) is 1. The third-order valence-corrected chi connectivity index (χ3v) is 8.14. The normalized spacial score (nSPS) is 14.2. The molecule has 0 radical (unpaired) electrons. The molecule has 3 rings (SSSR count). The van der Waals surface area contributed by atoms with Crippen LogP contribution < -0.4 is 11.1 Å². The SMILES string of the molecule is CCCCCNc1nc(N)nc(C)c1CCCN(Cc1cccc(CC(=O)O)c1)C(=O)CN1CCN(CCCN(C)C)CC1. The molecule has 1 aliphatic rings. The molecule has 11 heteroatoms. The largest absolute Gasteiger partial charge is 0.481 e. The van der Waals surface area contributed by atoms with Crippen molar-refractivity contribution in [1.82, 2.24) is 29.6 Å². The highest BCUT2D eigenvalue weighted by Gasteiger charge is 2.22. The number of nitrogens with zero attached hydrogens (tertiary/aromatic N) is 6. The number of piperazine rings is 1. The fraction of sp³-hybridized carbons (Fsp3) is 0.636. The molecule has 1 aromatic carbocycles. The predicted octanol–water partition coefficient (Wildman–Crippen LogP) is 3.13. The van der Waals surface area contributed by atoms with Crippen molar-refractivity contribution in [1.29, 1.82) is 0 Å². The Balaban J connectivity index is 1.66. The van der Waals surface area contributed by atoms with E-state index in [-0.39, 0.29) is 18.3 Å². The second-order valence-corrected chi connectivity index (χ2v) is 12.2. The lowest BCUT2D eigenvalue weighted by atomic mass is 10.1. The van der Waals surface area contributed by atoms with Crippen molar-refractivity contribution in [2.24, 2.45) is 0 Å². The molecule has 11 nitrogen and oxygen atoms in total. The lowest BCUT2D eigenvalue weighted by Gasteiger charge is -2.35. The molecule has 0 aliphatic carbocycles. The third kappa shape index (κ3) is 12.4. The summed E-state index contributed by atoms with van der Waals surface area (Å²) in [5, 5.41) is 12.7. The number of aromatic nitrogens is 2. The van der Waals surface area contributed by atoms with Gasteiger partial charge in [-0.15, -0.1) is 0 Å². The van der Waals surface area contributed by atoms with Crippen molar-refractivity contribution in [3.63, 3.8) is 0 Å². The van der Waals surface area contributed by atoms with Crippen LogP contribution in [0.5, 0.6) is 0 Å². The van der Waals surface area contributed by atoms with Gasteiger partial charge in [0.2, 0.25) is 11.9 Å². The molecule has 44 heavy (non-hydrogen) atoms. The molecule has 0 spiro atoms. The van der Waals surface area contributed by atoms with E-state index in [1.807, 2.05) is 36.1 Å². The number of nitrogen functional groups attached to an aromatic ring is 1. The van der Waals surface area contributed by atoms with Gasteiger partial charge in [0, 0.05) is 57.1 Å². The van der Waals surface area contributed by atoms with Gasteiger partial charge in [0.25, 0.3) is 0 Å². The van der Waals surface area contributed by atoms with Crippen molar-refractivity contribution < 1.29 is 14.7 Å². The first-order valence-corrected chi connectivity index (χ1v) is 16.2. The van der Waals surface area contributed by atoms with Crippen LogP contribution >= 0.6 is 0 Å². The minimum atomic E-state index is -0.865. The summed E-state index contributed by atoms with van der Waals surface area (Å²) in [6, 6.07) is 7.56. The average Bonchev–Trinajstić information content (AvgIpc) is 2.96. The predicted molar refractivity (Wildman–Crippen MR) is 177 cm³/mol. The molecule has 2 heterocycles. The monoisotopic (exact) mass is 610 g/mol. The quantitative estimate of drug-likeness (QED) is 0.204. The van der Waals surface area contributed by atoms with Crippen LogP contribution in [0.2, 0.25) is 0 Å². The molecule has 0 unspecified atom stereocenters. The first-order chi connectivity index (χ1) is 21.1. The summed E-state index contributed by atoms with van der Waals surface area (Å²) in [7, 11) is 4.21. The smallest absolute Gasteiger partial charge is 0.307 e. The Hall–Kier alpha value is -3.28. The zero-order valence-corrected chi connectivity index (χ0v) is 27.4. The number of carboxylic acids is 1. The summed E-state index contributed by atoms with van der Waals surface area (Å²) in [4.78, 5) is 42.8. The van der Waals surface area contributed by atoms with Gasteiger partial charge in [-0.1, -0.05) is 44.0 Å². The summed E-state index contributed by atoms with van der Waals surface area (Å²) in [6.07, 6.45) is 5.94. The van der Waals surface area contributed by atoms with Gasteiger partial charge in [-0.05, 0) is 70.9 Å². The second-order valence-electron chi connectivity index (χ2n) is 12.2. The Morgan fingerprint density at radius 1 is 1.00 bits per heavy atom. The van der Waals surface area contributed by atoms with Crippen LogP contribution in [0, 0.1) is 6.92 Å². The molecule has 1 aliphatic heterocycles. The second kappa shape index (κ2) is 18.5. The van der Waals surface area contributed by atoms with Crippen molar-refractivity contribution in [3.05, 3.63) is 46.6 Å². The van der Waals surface area contributed by atoms with Crippen molar-refractivity contribution in [2.75, 3.05) is 84.0 Å². The molecule has 0 bridgehead atoms. The maximum absolute atomic E-state index is 13.7. The number of nitrogens with two attached hydrogens (primary N) is 1. The Kier molecular flexibility index (Phi) is 14.8. The minimum Gasteiger partial charge on any atom is -0.481 e. The Labute approximate surface area is 263 Å². The number of anilines is 2. The van der Waals surface area contributed by atoms with E-state index in [2.05, 4.69) is 51.0 Å². The molecule has 2 aromatic rings. The molecule has 0 saturated carbocycles. The lowest BCUT2D eigenvalue weighted by molar-refractivity contribution is -0.136. The van der Waals surface area contributed by atoms with E-state index >= 15 is 0 Å². The third-order valence-electron chi connectivity index (χ3n) is 8.14. The fourth-order valence-corrected chi connectivity index (χ4v) is 5.69. The van der Waals surface area contributed by atoms with E-state index in [0.29, 0.717) is 19.6 Å². The molecule has 1 aromatic heterocycles. The molecular formula is C33H54N8O3. The van der Waals surface area contributed by atoms with Crippen LogP contribution in [0.3, 0.4) is 0 Å². The van der Waals surface area contributed by atoms with Crippen LogP contribution in [-0.2, 0) is 29.0 Å². The van der Waals surface area contributed by atoms with E-state index in [0.717, 1.165) is 113 Å². The number of carbonyl (C=O) groups is 2. The van der Waals surface area contributed by atoms with Gasteiger partial charge in [0.1, 0.15) is 5.82 Å². The Morgan fingerprint density at radius 2 is 1.73 bits per heavy atom. The number of amides is 1. The molecule has 244 valence electrons. The summed E-state index contributed by atoms with van der Waals surface area (Å²) >= 11 is 0. The first kappa shape index (κ1) is 35.2. The number of aliphatic carboxylic acids is 1. The molecule has 1 fully saturated rings. The number of benzene rings is 1. The van der Waals surface area contributed by atoms with Gasteiger partial charge in [0.05, 0.1) is 13.0 Å². The van der Waals surface area contributed by atoms with E-state index < -0.39 is 5.97 Å². The van der Waals surface area contributed by atoms with Gasteiger partial charge in [-0.3, -0.25) is 14.5 Å². The van der Waals surface area contributed by atoms with E-state index in [4.69, 9.17) is 5.73 Å². The van der Waals surface area contributed by atoms with Crippen molar-refractivity contribution in [2.45, 2.75) is 65.3 Å². The highest BCUT2D eigenvalue weighted by molar-refractivity contribution is 5.78. The van der Waals surface area contributed by atoms with Crippen LogP contribution in [-0.4, -0.2) is 120 Å². The number of rotatable bonds is 19. The Morgan fingerprint density at radius 3 is 2.43 bits per heavy atom. The number of aryl methyl sites for hydroxylation is 1. The zero-order chi connectivity index (χ0) is 31.9. The first-order valence-electron chi connectivity index (χ1n) is 16.2. The summed E-state index contributed by atoms with van der Waals surface area (Å²) in [6.45, 7) is 12.2. The van der Waals surface area contributed by atoms with Gasteiger partial charge in [0.15, 0.2) is 0 Å². The highest BCUT2D eigenvalue weighted by atomic mass is 16.4. The number of carbonyl (C=O) groups excluding carboxylic acids is 1. The van der Waals surface area contributed by atoms with Gasteiger partial charge >= 0.3 is 5.97 Å². The minimum absolute atomic E-state index is 0.0367. The van der Waals surface area contributed by atoms with Gasteiger partial charge < -0.3 is 30.9 Å². The zero-order valence-electron chi connectivity index (χ0n) is 27.4. The molecule has 1 saturated heterocycles. The lowest BCUT2D eigenvalue weighted by Crippen LogP contribution is -2.50. The van der Waals surface area contributed by atoms with Crippen LogP contribution in [0.1, 0.15) is 61.4 Å². The van der Waals surface area contributed by atoms with Gasteiger partial charge in [-0.25, -0.2) is 4.98 Å². The van der Waals surface area contributed by atoms with Crippen LogP contribution in [0.15, 0.2) is 24.3 Å². The molecule has 1 amide bonds. The summed E-state index contributed by atoms with van der Waals surface area (Å²) in [5.74, 6) is 0.280. The standard InChI is InChI=1S/C33H54N8O3/c1-5-6-7-14-35-32-29(26(2)36-33(34)37-32)13-9-17-41(24-28-12-8-11-27(22-28)23-31(43)44)30(42)25-40-20-18-39(19-21-40)16-10-15-38(3)4/h8,11-12,22H,5-7,9-10,13-21,23-25H2,1-4H3,(H,43,44)(H3,34,35,36,37). The van der Waals surface area contributed by atoms with Crippen LogP contribution in [0.4, 0.5) is 11.8 Å². The van der Waals surface area contributed by atoms with E-state index in [1.54, 1.807) is 0 Å². The maximum atomic E-state index is 13.7. The van der Waals surface area contributed by atoms with Crippen molar-refractivity contribution in [3.8, 4) is 0 Å². The number of hydrogen-bond donors (Lipinski definition) is 3. The highest BCUT2D eigenvalue weighted by Crippen LogP contribution is 2.20. The summed E-state index contributed by atoms with van der Waals surface area (Å²) in [5.41, 5.74) is 9.55. The maximum Gasteiger partial charge on any atom is 0.307 e. The number of carboxylic acid groups (broad SMARTS) is 1. The number of unbranched alkanes of at least 4 members (excludes halogenated alkanes) is 2. The topological polar surface area (TPSA) is 131 Å².